The van der Waals surface area contributed by atoms with Crippen molar-refractivity contribution in [2.75, 3.05) is 18.9 Å². The van der Waals surface area contributed by atoms with Crippen molar-refractivity contribution in [3.05, 3.63) is 23.4 Å². The summed E-state index contributed by atoms with van der Waals surface area (Å²) in [4.78, 5) is 17.6. The Morgan fingerprint density at radius 2 is 2.26 bits per heavy atom. The Morgan fingerprint density at radius 3 is 2.84 bits per heavy atom. The van der Waals surface area contributed by atoms with Gasteiger partial charge in [0.25, 0.3) is 0 Å². The Balaban J connectivity index is 2.04. The summed E-state index contributed by atoms with van der Waals surface area (Å²) in [5.41, 5.74) is 0.820. The van der Waals surface area contributed by atoms with Crippen LogP contribution in [0.2, 0.25) is 0 Å². The van der Waals surface area contributed by atoms with Gasteiger partial charge in [-0.1, -0.05) is 0 Å². The zero-order chi connectivity index (χ0) is 14.0. The van der Waals surface area contributed by atoms with Crippen molar-refractivity contribution in [3.8, 4) is 0 Å². The van der Waals surface area contributed by atoms with Crippen molar-refractivity contribution in [3.63, 3.8) is 0 Å². The van der Waals surface area contributed by atoms with Crippen molar-refractivity contribution in [2.24, 2.45) is 0 Å². The van der Waals surface area contributed by atoms with Crippen molar-refractivity contribution < 1.29 is 9.90 Å². The van der Waals surface area contributed by atoms with E-state index in [2.05, 4.69) is 29.2 Å². The van der Waals surface area contributed by atoms with E-state index in [1.54, 1.807) is 19.1 Å². The van der Waals surface area contributed by atoms with Gasteiger partial charge < -0.3 is 15.3 Å². The van der Waals surface area contributed by atoms with E-state index in [4.69, 9.17) is 5.11 Å². The summed E-state index contributed by atoms with van der Waals surface area (Å²) in [6, 6.07) is 4.34. The van der Waals surface area contributed by atoms with Crippen LogP contribution in [0.3, 0.4) is 0 Å². The first-order valence-corrected chi connectivity index (χ1v) is 6.65. The second-order valence-corrected chi connectivity index (χ2v) is 5.33. The van der Waals surface area contributed by atoms with Crippen molar-refractivity contribution in [2.45, 2.75) is 38.8 Å². The second-order valence-electron chi connectivity index (χ2n) is 5.33. The summed E-state index contributed by atoms with van der Waals surface area (Å²) in [7, 11) is 2.14. The highest BCUT2D eigenvalue weighted by Gasteiger charge is 2.23. The molecule has 0 aliphatic carbocycles. The largest absolute Gasteiger partial charge is 0.478 e. The van der Waals surface area contributed by atoms with Gasteiger partial charge in [-0.2, -0.15) is 0 Å². The van der Waals surface area contributed by atoms with Crippen molar-refractivity contribution in [1.29, 1.82) is 0 Å². The van der Waals surface area contributed by atoms with Gasteiger partial charge in [-0.25, -0.2) is 9.78 Å². The highest BCUT2D eigenvalue weighted by atomic mass is 16.4. The molecule has 2 unspecified atom stereocenters. The molecule has 2 rings (SSSR count). The van der Waals surface area contributed by atoms with E-state index >= 15 is 0 Å². The average Bonchev–Trinajstić information content (AvgIpc) is 2.33. The molecule has 0 bridgehead atoms. The molecule has 0 saturated carbocycles. The van der Waals surface area contributed by atoms with Crippen LogP contribution in [0.15, 0.2) is 12.1 Å². The number of aryl methyl sites for hydroxylation is 1. The zero-order valence-corrected chi connectivity index (χ0v) is 11.7. The number of nitrogens with one attached hydrogen (secondary N) is 1. The Kier molecular flexibility index (Phi) is 4.04. The van der Waals surface area contributed by atoms with Crippen LogP contribution in [0.5, 0.6) is 0 Å². The lowest BCUT2D eigenvalue weighted by molar-refractivity contribution is 0.0695. The third kappa shape index (κ3) is 3.23. The maximum atomic E-state index is 10.9. The van der Waals surface area contributed by atoms with Crippen molar-refractivity contribution in [1.82, 2.24) is 9.88 Å². The van der Waals surface area contributed by atoms with Gasteiger partial charge in [-0.15, -0.1) is 0 Å². The van der Waals surface area contributed by atoms with E-state index < -0.39 is 5.97 Å². The number of anilines is 1. The number of likely N-dealkylation sites (tertiary alicyclic amines) is 1. The van der Waals surface area contributed by atoms with E-state index in [1.807, 2.05) is 0 Å². The molecule has 2 heterocycles. The Bertz CT molecular complexity index is 476. The maximum absolute atomic E-state index is 10.9. The van der Waals surface area contributed by atoms with Gasteiger partial charge in [0.2, 0.25) is 0 Å². The Hall–Kier alpha value is -1.62. The number of hydrogen-bond acceptors (Lipinski definition) is 4. The van der Waals surface area contributed by atoms with E-state index in [9.17, 15) is 4.79 Å². The lowest BCUT2D eigenvalue weighted by Crippen LogP contribution is -2.42. The predicted molar refractivity (Wildman–Crippen MR) is 74.7 cm³/mol. The first kappa shape index (κ1) is 13.8. The first-order chi connectivity index (χ1) is 8.97. The topological polar surface area (TPSA) is 65.5 Å². The SMILES string of the molecule is Cc1nc(NC2CCN(C)C(C)C2)ccc1C(=O)O. The van der Waals surface area contributed by atoms with Gasteiger partial charge in [0.05, 0.1) is 11.3 Å². The molecule has 1 saturated heterocycles. The molecule has 0 amide bonds. The minimum absolute atomic E-state index is 0.266. The van der Waals surface area contributed by atoms with E-state index in [1.165, 1.54) is 0 Å². The highest BCUT2D eigenvalue weighted by Crippen LogP contribution is 2.19. The Morgan fingerprint density at radius 1 is 1.53 bits per heavy atom. The molecule has 2 atom stereocenters. The molecule has 1 aromatic rings. The average molecular weight is 263 g/mol. The van der Waals surface area contributed by atoms with Gasteiger partial charge in [0.15, 0.2) is 0 Å². The smallest absolute Gasteiger partial charge is 0.337 e. The van der Waals surface area contributed by atoms with Gasteiger partial charge in [-0.3, -0.25) is 0 Å². The summed E-state index contributed by atoms with van der Waals surface area (Å²) >= 11 is 0. The molecule has 1 aliphatic rings. The lowest BCUT2D eigenvalue weighted by atomic mass is 9.99. The van der Waals surface area contributed by atoms with Crippen LogP contribution in [0, 0.1) is 6.92 Å². The minimum atomic E-state index is -0.926. The molecule has 1 aromatic heterocycles. The van der Waals surface area contributed by atoms with Crippen LogP contribution in [-0.4, -0.2) is 46.6 Å². The third-order valence-electron chi connectivity index (χ3n) is 3.88. The quantitative estimate of drug-likeness (QED) is 0.873. The molecule has 0 spiro atoms. The molecule has 0 aromatic carbocycles. The number of carboxylic acids is 1. The number of carboxylic acid groups (broad SMARTS) is 1. The molecular weight excluding hydrogens is 242 g/mol. The fraction of sp³-hybridized carbons (Fsp3) is 0.571. The number of hydrogen-bond donors (Lipinski definition) is 2. The minimum Gasteiger partial charge on any atom is -0.478 e. The highest BCUT2D eigenvalue weighted by molar-refractivity contribution is 5.89. The van der Waals surface area contributed by atoms with Crippen LogP contribution >= 0.6 is 0 Å². The summed E-state index contributed by atoms with van der Waals surface area (Å²) in [6.45, 7) is 5.02. The molecular formula is C14H21N3O2. The third-order valence-corrected chi connectivity index (χ3v) is 3.88. The number of carbonyl (C=O) groups is 1. The standard InChI is InChI=1S/C14H21N3O2/c1-9-8-11(6-7-17(9)3)16-13-5-4-12(14(18)19)10(2)15-13/h4-5,9,11H,6-8H2,1-3H3,(H,15,16)(H,18,19). The van der Waals surface area contributed by atoms with E-state index in [0.717, 1.165) is 25.2 Å². The number of piperidine rings is 1. The molecule has 1 aliphatic heterocycles. The van der Waals surface area contributed by atoms with Crippen LogP contribution in [-0.2, 0) is 0 Å². The number of aromatic nitrogens is 1. The summed E-state index contributed by atoms with van der Waals surface area (Å²) in [6.07, 6.45) is 2.17. The number of nitrogens with zero attached hydrogens (tertiary/aromatic N) is 2. The van der Waals surface area contributed by atoms with Gasteiger partial charge in [0.1, 0.15) is 5.82 Å². The van der Waals surface area contributed by atoms with Crippen LogP contribution < -0.4 is 5.32 Å². The number of pyridine rings is 1. The monoisotopic (exact) mass is 263 g/mol. The number of rotatable bonds is 3. The summed E-state index contributed by atoms with van der Waals surface area (Å²) < 4.78 is 0. The first-order valence-electron chi connectivity index (χ1n) is 6.65. The molecule has 2 N–H and O–H groups in total. The fourth-order valence-electron chi connectivity index (χ4n) is 2.50. The Labute approximate surface area is 113 Å². The van der Waals surface area contributed by atoms with E-state index in [-0.39, 0.29) is 5.56 Å². The molecule has 5 nitrogen and oxygen atoms in total. The molecule has 5 heteroatoms. The summed E-state index contributed by atoms with van der Waals surface area (Å²) in [5.74, 6) is -0.159. The molecule has 19 heavy (non-hydrogen) atoms. The lowest BCUT2D eigenvalue weighted by Gasteiger charge is -2.35. The van der Waals surface area contributed by atoms with Crippen LogP contribution in [0.25, 0.3) is 0 Å². The van der Waals surface area contributed by atoms with E-state index in [0.29, 0.717) is 17.8 Å². The predicted octanol–water partition coefficient (Wildman–Crippen LogP) is 1.98. The molecule has 104 valence electrons. The normalized spacial score (nSPS) is 24.2. The van der Waals surface area contributed by atoms with Gasteiger partial charge in [0, 0.05) is 18.6 Å². The molecule has 1 fully saturated rings. The van der Waals surface area contributed by atoms with Crippen molar-refractivity contribution >= 4 is 11.8 Å². The van der Waals surface area contributed by atoms with Crippen LogP contribution in [0.4, 0.5) is 5.82 Å². The maximum Gasteiger partial charge on any atom is 0.337 e. The van der Waals surface area contributed by atoms with Gasteiger partial charge >= 0.3 is 5.97 Å². The molecule has 0 radical (unpaired) electrons. The van der Waals surface area contributed by atoms with Crippen LogP contribution in [0.1, 0.15) is 35.8 Å². The van der Waals surface area contributed by atoms with Gasteiger partial charge in [-0.05, 0) is 45.9 Å². The summed E-state index contributed by atoms with van der Waals surface area (Å²) in [5, 5.41) is 12.4. The fourth-order valence-corrected chi connectivity index (χ4v) is 2.50. The number of aromatic carboxylic acids is 1. The second kappa shape index (κ2) is 5.57. The zero-order valence-electron chi connectivity index (χ0n) is 11.7.